The summed E-state index contributed by atoms with van der Waals surface area (Å²) < 4.78 is 14.1. The third-order valence-corrected chi connectivity index (χ3v) is 5.94. The van der Waals surface area contributed by atoms with E-state index in [0.717, 1.165) is 49.2 Å². The molecular formula is C19H29N5O2S. The van der Waals surface area contributed by atoms with E-state index in [9.17, 15) is 0 Å². The second-order valence-electron chi connectivity index (χ2n) is 7.61. The van der Waals surface area contributed by atoms with Gasteiger partial charge in [0.1, 0.15) is 12.1 Å². The van der Waals surface area contributed by atoms with Crippen molar-refractivity contribution in [1.82, 2.24) is 14.7 Å². The third-order valence-electron chi connectivity index (χ3n) is 5.63. The second-order valence-corrected chi connectivity index (χ2v) is 8.13. The predicted molar refractivity (Wildman–Crippen MR) is 111 cm³/mol. The molecule has 8 heteroatoms. The van der Waals surface area contributed by atoms with Gasteiger partial charge >= 0.3 is 0 Å². The SMILES string of the molecule is COc1cc2ncnc(N3CCC(C(C)(C)CNSN)CC3)c2cc1OC. The summed E-state index contributed by atoms with van der Waals surface area (Å²) in [6.07, 6.45) is 3.88. The van der Waals surface area contributed by atoms with E-state index in [4.69, 9.17) is 14.6 Å². The van der Waals surface area contributed by atoms with Crippen LogP contribution in [0.5, 0.6) is 11.5 Å². The van der Waals surface area contributed by atoms with E-state index in [1.807, 2.05) is 12.1 Å². The van der Waals surface area contributed by atoms with Crippen LogP contribution in [-0.4, -0.2) is 43.8 Å². The number of nitrogens with zero attached hydrogens (tertiary/aromatic N) is 3. The van der Waals surface area contributed by atoms with Gasteiger partial charge in [0.05, 0.1) is 19.7 Å². The number of rotatable bonds is 7. The van der Waals surface area contributed by atoms with Crippen LogP contribution in [0.25, 0.3) is 10.9 Å². The number of anilines is 1. The van der Waals surface area contributed by atoms with Crippen LogP contribution in [0, 0.1) is 11.3 Å². The third kappa shape index (κ3) is 4.23. The highest BCUT2D eigenvalue weighted by Gasteiger charge is 2.33. The largest absolute Gasteiger partial charge is 0.493 e. The van der Waals surface area contributed by atoms with E-state index < -0.39 is 0 Å². The molecule has 3 rings (SSSR count). The molecule has 2 aromatic rings. The standard InChI is InChI=1S/C19H29N5O2S/c1-19(2,11-23-27-20)13-5-7-24(8-6-13)18-14-9-16(25-3)17(26-4)10-15(14)21-12-22-18/h9-10,12-13,23H,5-8,11,20H2,1-4H3. The molecule has 1 aliphatic heterocycles. The lowest BCUT2D eigenvalue weighted by molar-refractivity contribution is 0.180. The van der Waals surface area contributed by atoms with Crippen LogP contribution in [0.15, 0.2) is 18.5 Å². The van der Waals surface area contributed by atoms with Gasteiger partial charge in [-0.15, -0.1) is 0 Å². The summed E-state index contributed by atoms with van der Waals surface area (Å²) in [6, 6.07) is 3.88. The van der Waals surface area contributed by atoms with Crippen molar-refractivity contribution in [3.05, 3.63) is 18.5 Å². The van der Waals surface area contributed by atoms with Crippen LogP contribution in [0.4, 0.5) is 5.82 Å². The molecule has 0 amide bonds. The lowest BCUT2D eigenvalue weighted by Gasteiger charge is -2.41. The fourth-order valence-corrected chi connectivity index (χ4v) is 4.32. The Kier molecular flexibility index (Phi) is 6.29. The molecule has 1 aliphatic rings. The molecule has 2 heterocycles. The van der Waals surface area contributed by atoms with E-state index >= 15 is 0 Å². The molecule has 0 aliphatic carbocycles. The number of hydrogen-bond donors (Lipinski definition) is 2. The Hall–Kier alpha value is -1.77. The van der Waals surface area contributed by atoms with Crippen molar-refractivity contribution in [2.75, 3.05) is 38.8 Å². The number of methoxy groups -OCH3 is 2. The summed E-state index contributed by atoms with van der Waals surface area (Å²) in [5, 5.41) is 6.52. The molecule has 148 valence electrons. The Morgan fingerprint density at radius 2 is 1.85 bits per heavy atom. The molecule has 1 aromatic carbocycles. The zero-order chi connectivity index (χ0) is 19.4. The Morgan fingerprint density at radius 1 is 1.19 bits per heavy atom. The van der Waals surface area contributed by atoms with E-state index in [1.54, 1.807) is 20.5 Å². The van der Waals surface area contributed by atoms with Crippen molar-refractivity contribution >= 4 is 28.9 Å². The Morgan fingerprint density at radius 3 is 2.48 bits per heavy atom. The Balaban J connectivity index is 1.81. The average Bonchev–Trinajstić information content (AvgIpc) is 2.70. The molecule has 3 N–H and O–H groups in total. The fraction of sp³-hybridized carbons (Fsp3) is 0.579. The van der Waals surface area contributed by atoms with Gasteiger partial charge in [-0.05, 0) is 30.2 Å². The number of aromatic nitrogens is 2. The first-order valence-corrected chi connectivity index (χ1v) is 10.1. The highest BCUT2D eigenvalue weighted by atomic mass is 32.2. The maximum absolute atomic E-state index is 5.52. The van der Waals surface area contributed by atoms with Crippen LogP contribution in [-0.2, 0) is 0 Å². The summed E-state index contributed by atoms with van der Waals surface area (Å²) in [5.41, 5.74) is 1.08. The normalized spacial score (nSPS) is 16.0. The highest BCUT2D eigenvalue weighted by Crippen LogP contribution is 2.38. The Bertz CT molecular complexity index is 778. The summed E-state index contributed by atoms with van der Waals surface area (Å²) in [6.45, 7) is 7.49. The molecular weight excluding hydrogens is 362 g/mol. The fourth-order valence-electron chi connectivity index (χ4n) is 3.87. The molecule has 1 fully saturated rings. The minimum atomic E-state index is 0.211. The summed E-state index contributed by atoms with van der Waals surface area (Å²) >= 11 is 1.20. The number of nitrogens with two attached hydrogens (primary N) is 1. The van der Waals surface area contributed by atoms with Crippen molar-refractivity contribution in [2.45, 2.75) is 26.7 Å². The molecule has 27 heavy (non-hydrogen) atoms. The Labute approximate surface area is 165 Å². The molecule has 0 radical (unpaired) electrons. The van der Waals surface area contributed by atoms with Crippen LogP contribution in [0.1, 0.15) is 26.7 Å². The number of benzene rings is 1. The summed E-state index contributed by atoms with van der Waals surface area (Å²) in [7, 11) is 3.28. The van der Waals surface area contributed by atoms with Crippen molar-refractivity contribution in [3.63, 3.8) is 0 Å². The molecule has 1 aromatic heterocycles. The lowest BCUT2D eigenvalue weighted by atomic mass is 9.74. The van der Waals surface area contributed by atoms with Crippen molar-refractivity contribution < 1.29 is 9.47 Å². The number of hydrogen-bond acceptors (Lipinski definition) is 8. The number of ether oxygens (including phenoxy) is 2. The first-order chi connectivity index (χ1) is 13.0. The van der Waals surface area contributed by atoms with E-state index in [0.29, 0.717) is 17.4 Å². The average molecular weight is 392 g/mol. The number of fused-ring (bicyclic) bond motifs is 1. The molecule has 0 bridgehead atoms. The maximum Gasteiger partial charge on any atom is 0.162 e. The van der Waals surface area contributed by atoms with E-state index in [2.05, 4.69) is 33.4 Å². The summed E-state index contributed by atoms with van der Waals surface area (Å²) in [5.74, 6) is 2.99. The van der Waals surface area contributed by atoms with Gasteiger partial charge in [-0.2, -0.15) is 0 Å². The van der Waals surface area contributed by atoms with Gasteiger partial charge < -0.3 is 14.4 Å². The maximum atomic E-state index is 5.52. The van der Waals surface area contributed by atoms with Gasteiger partial charge in [0, 0.05) is 43.2 Å². The zero-order valence-corrected chi connectivity index (χ0v) is 17.3. The van der Waals surface area contributed by atoms with Gasteiger partial charge in [0.15, 0.2) is 11.5 Å². The predicted octanol–water partition coefficient (Wildman–Crippen LogP) is 3.00. The molecule has 0 saturated carbocycles. The molecule has 0 atom stereocenters. The van der Waals surface area contributed by atoms with Crippen molar-refractivity contribution in [2.24, 2.45) is 16.5 Å². The number of nitrogens with one attached hydrogen (secondary N) is 1. The van der Waals surface area contributed by atoms with Gasteiger partial charge in [0.2, 0.25) is 0 Å². The molecule has 0 unspecified atom stereocenters. The minimum absolute atomic E-state index is 0.211. The van der Waals surface area contributed by atoms with Gasteiger partial charge in [-0.25, -0.2) is 9.97 Å². The molecule has 7 nitrogen and oxygen atoms in total. The van der Waals surface area contributed by atoms with Gasteiger partial charge in [-0.3, -0.25) is 9.86 Å². The van der Waals surface area contributed by atoms with Crippen molar-refractivity contribution in [1.29, 1.82) is 0 Å². The van der Waals surface area contributed by atoms with Crippen LogP contribution < -0.4 is 24.2 Å². The topological polar surface area (TPSA) is 85.5 Å². The minimum Gasteiger partial charge on any atom is -0.493 e. The summed E-state index contributed by atoms with van der Waals surface area (Å²) in [4.78, 5) is 11.4. The highest BCUT2D eigenvalue weighted by molar-refractivity contribution is 7.95. The lowest BCUT2D eigenvalue weighted by Crippen LogP contribution is -2.42. The smallest absolute Gasteiger partial charge is 0.162 e. The van der Waals surface area contributed by atoms with E-state index in [1.165, 1.54) is 12.1 Å². The van der Waals surface area contributed by atoms with Crippen LogP contribution in [0.3, 0.4) is 0 Å². The first-order valence-electron chi connectivity index (χ1n) is 9.20. The van der Waals surface area contributed by atoms with Crippen molar-refractivity contribution in [3.8, 4) is 11.5 Å². The van der Waals surface area contributed by atoms with Crippen LogP contribution >= 0.6 is 12.1 Å². The molecule has 0 spiro atoms. The first kappa shape index (κ1) is 20.0. The van der Waals surface area contributed by atoms with Gasteiger partial charge in [-0.1, -0.05) is 13.8 Å². The monoisotopic (exact) mass is 391 g/mol. The molecule has 1 saturated heterocycles. The van der Waals surface area contributed by atoms with E-state index in [-0.39, 0.29) is 5.41 Å². The zero-order valence-electron chi connectivity index (χ0n) is 16.5. The number of piperidine rings is 1. The quantitative estimate of drug-likeness (QED) is 0.697. The van der Waals surface area contributed by atoms with Gasteiger partial charge in [0.25, 0.3) is 0 Å². The van der Waals surface area contributed by atoms with Crippen LogP contribution in [0.2, 0.25) is 0 Å². The second kappa shape index (κ2) is 8.50.